The van der Waals surface area contributed by atoms with Crippen LogP contribution in [0.1, 0.15) is 5.82 Å². The maximum Gasteiger partial charge on any atom is 0.356 e. The van der Waals surface area contributed by atoms with Crippen molar-refractivity contribution in [2.75, 3.05) is 19.2 Å². The van der Waals surface area contributed by atoms with Gasteiger partial charge in [0.1, 0.15) is 11.6 Å². The van der Waals surface area contributed by atoms with Gasteiger partial charge in [0, 0.05) is 12.3 Å². The van der Waals surface area contributed by atoms with Crippen molar-refractivity contribution in [2.24, 2.45) is 5.84 Å². The van der Waals surface area contributed by atoms with Gasteiger partial charge < -0.3 is 9.47 Å². The number of pyridine rings is 1. The molecule has 3 rings (SSSR count). The zero-order valence-corrected chi connectivity index (χ0v) is 14.6. The van der Waals surface area contributed by atoms with Crippen LogP contribution in [0.5, 0.6) is 11.5 Å². The third-order valence-electron chi connectivity index (χ3n) is 3.71. The normalized spacial score (nSPS) is 10.5. The molecule has 0 aliphatic rings. The van der Waals surface area contributed by atoms with Gasteiger partial charge in [0.15, 0.2) is 11.5 Å². The number of hydrogen-bond acceptors (Lipinski definition) is 8. The monoisotopic (exact) mass is 354 g/mol. The molecule has 0 aliphatic heterocycles. The lowest BCUT2D eigenvalue weighted by atomic mass is 10.2. The van der Waals surface area contributed by atoms with Crippen molar-refractivity contribution >= 4 is 11.8 Å². The molecule has 2 aromatic heterocycles. The minimum absolute atomic E-state index is 0.0583. The summed E-state index contributed by atoms with van der Waals surface area (Å²) in [6, 6.07) is 10.3. The first kappa shape index (κ1) is 17.4. The highest BCUT2D eigenvalue weighted by Crippen LogP contribution is 2.29. The van der Waals surface area contributed by atoms with Gasteiger partial charge in [-0.1, -0.05) is 6.07 Å². The molecule has 0 spiro atoms. The van der Waals surface area contributed by atoms with E-state index in [9.17, 15) is 4.79 Å². The van der Waals surface area contributed by atoms with E-state index in [0.717, 1.165) is 5.01 Å². The van der Waals surface area contributed by atoms with Gasteiger partial charge in [-0.05, 0) is 31.2 Å². The van der Waals surface area contributed by atoms with Gasteiger partial charge in [0.25, 0.3) is 5.95 Å². The molecule has 0 amide bonds. The first-order valence-corrected chi connectivity index (χ1v) is 7.71. The summed E-state index contributed by atoms with van der Waals surface area (Å²) in [6.07, 6.45) is 1.59. The van der Waals surface area contributed by atoms with E-state index in [2.05, 4.69) is 15.0 Å². The Morgan fingerprint density at radius 2 is 1.85 bits per heavy atom. The summed E-state index contributed by atoms with van der Waals surface area (Å²) in [5.41, 5.74) is 0.0317. The molecular formula is C17H18N6O3. The molecular weight excluding hydrogens is 336 g/mol. The van der Waals surface area contributed by atoms with Crippen molar-refractivity contribution in [3.8, 4) is 17.2 Å². The zero-order chi connectivity index (χ0) is 18.7. The molecule has 2 heterocycles. The lowest BCUT2D eigenvalue weighted by Gasteiger charge is -2.17. The molecule has 134 valence electrons. The van der Waals surface area contributed by atoms with Gasteiger partial charge in [0.05, 0.1) is 19.9 Å². The third-order valence-corrected chi connectivity index (χ3v) is 3.71. The SMILES string of the molecule is COc1ccc(-n2c(C)nc(N(N)c3ccccn3)nc2=O)cc1OC. The first-order chi connectivity index (χ1) is 12.5. The second-order valence-electron chi connectivity index (χ2n) is 5.29. The number of hydrogen-bond donors (Lipinski definition) is 1. The van der Waals surface area contributed by atoms with Gasteiger partial charge >= 0.3 is 5.69 Å². The molecule has 0 fully saturated rings. The molecule has 9 nitrogen and oxygen atoms in total. The van der Waals surface area contributed by atoms with Crippen LogP contribution in [0.4, 0.5) is 11.8 Å². The molecule has 0 atom stereocenters. The van der Waals surface area contributed by atoms with E-state index >= 15 is 0 Å². The first-order valence-electron chi connectivity index (χ1n) is 7.71. The number of anilines is 2. The average molecular weight is 354 g/mol. The van der Waals surface area contributed by atoms with E-state index in [0.29, 0.717) is 28.8 Å². The molecule has 3 aromatic rings. The minimum Gasteiger partial charge on any atom is -0.493 e. The molecule has 0 bridgehead atoms. The number of rotatable bonds is 5. The molecule has 0 radical (unpaired) electrons. The van der Waals surface area contributed by atoms with Gasteiger partial charge in [0.2, 0.25) is 0 Å². The fraction of sp³-hybridized carbons (Fsp3) is 0.176. The number of nitrogens with zero attached hydrogens (tertiary/aromatic N) is 5. The highest BCUT2D eigenvalue weighted by Gasteiger charge is 2.15. The fourth-order valence-corrected chi connectivity index (χ4v) is 2.46. The van der Waals surface area contributed by atoms with E-state index in [-0.39, 0.29) is 5.95 Å². The van der Waals surface area contributed by atoms with Crippen molar-refractivity contribution < 1.29 is 9.47 Å². The average Bonchev–Trinajstić information content (AvgIpc) is 2.67. The van der Waals surface area contributed by atoms with Gasteiger partial charge in [-0.3, -0.25) is 0 Å². The van der Waals surface area contributed by atoms with Crippen molar-refractivity contribution in [2.45, 2.75) is 6.92 Å². The standard InChI is InChI=1S/C17H18N6O3/c1-11-20-16(23(18)15-6-4-5-9-19-15)21-17(24)22(11)12-7-8-13(25-2)14(10-12)26-3/h4-10H,18H2,1-3H3. The summed E-state index contributed by atoms with van der Waals surface area (Å²) in [5, 5.41) is 1.16. The summed E-state index contributed by atoms with van der Waals surface area (Å²) < 4.78 is 11.9. The van der Waals surface area contributed by atoms with E-state index in [1.54, 1.807) is 56.6 Å². The second-order valence-corrected chi connectivity index (χ2v) is 5.29. The smallest absolute Gasteiger partial charge is 0.356 e. The number of aromatic nitrogens is 4. The van der Waals surface area contributed by atoms with Crippen LogP contribution in [0.3, 0.4) is 0 Å². The number of benzene rings is 1. The van der Waals surface area contributed by atoms with E-state index in [1.807, 2.05) is 0 Å². The van der Waals surface area contributed by atoms with Crippen molar-refractivity contribution in [3.05, 3.63) is 58.9 Å². The maximum atomic E-state index is 12.6. The Balaban J connectivity index is 2.05. The van der Waals surface area contributed by atoms with Crippen LogP contribution < -0.4 is 26.0 Å². The lowest BCUT2D eigenvalue weighted by Crippen LogP contribution is -2.33. The van der Waals surface area contributed by atoms with Gasteiger partial charge in [-0.25, -0.2) is 25.2 Å². The van der Waals surface area contributed by atoms with Crippen LogP contribution >= 0.6 is 0 Å². The molecule has 0 saturated heterocycles. The molecule has 2 N–H and O–H groups in total. The van der Waals surface area contributed by atoms with Crippen LogP contribution in [0, 0.1) is 6.92 Å². The molecule has 0 unspecified atom stereocenters. The maximum absolute atomic E-state index is 12.6. The Morgan fingerprint density at radius 1 is 1.08 bits per heavy atom. The Kier molecular flexibility index (Phi) is 4.81. The summed E-state index contributed by atoms with van der Waals surface area (Å²) in [6.45, 7) is 1.69. The quantitative estimate of drug-likeness (QED) is 0.540. The topological polar surface area (TPSA) is 108 Å². The highest BCUT2D eigenvalue weighted by molar-refractivity contribution is 5.51. The predicted molar refractivity (Wildman–Crippen MR) is 96.0 cm³/mol. The van der Waals surface area contributed by atoms with Gasteiger partial charge in [-0.15, -0.1) is 0 Å². The second kappa shape index (κ2) is 7.19. The lowest BCUT2D eigenvalue weighted by molar-refractivity contribution is 0.355. The van der Waals surface area contributed by atoms with Crippen molar-refractivity contribution in [3.63, 3.8) is 0 Å². The molecule has 1 aromatic carbocycles. The Morgan fingerprint density at radius 3 is 2.46 bits per heavy atom. The fourth-order valence-electron chi connectivity index (χ4n) is 2.46. The summed E-state index contributed by atoms with van der Waals surface area (Å²) in [5.74, 6) is 7.94. The number of hydrazine groups is 1. The third kappa shape index (κ3) is 3.20. The molecule has 26 heavy (non-hydrogen) atoms. The van der Waals surface area contributed by atoms with Crippen molar-refractivity contribution in [1.29, 1.82) is 0 Å². The molecule has 0 aliphatic carbocycles. The van der Waals surface area contributed by atoms with Crippen LogP contribution in [0.25, 0.3) is 5.69 Å². The van der Waals surface area contributed by atoms with Crippen LogP contribution in [0.2, 0.25) is 0 Å². The number of aryl methyl sites for hydroxylation is 1. The minimum atomic E-state index is -0.522. The number of methoxy groups -OCH3 is 2. The number of nitrogens with two attached hydrogens (primary N) is 1. The predicted octanol–water partition coefficient (Wildman–Crippen LogP) is 1.36. The molecule has 9 heteroatoms. The van der Waals surface area contributed by atoms with Gasteiger partial charge in [-0.2, -0.15) is 9.97 Å². The van der Waals surface area contributed by atoms with Crippen LogP contribution in [0.15, 0.2) is 47.4 Å². The Labute approximate surface area is 149 Å². The van der Waals surface area contributed by atoms with Crippen LogP contribution in [-0.4, -0.2) is 33.7 Å². The summed E-state index contributed by atoms with van der Waals surface area (Å²) in [7, 11) is 3.07. The summed E-state index contributed by atoms with van der Waals surface area (Å²) >= 11 is 0. The summed E-state index contributed by atoms with van der Waals surface area (Å²) in [4.78, 5) is 25.0. The number of ether oxygens (including phenoxy) is 2. The van der Waals surface area contributed by atoms with E-state index in [4.69, 9.17) is 15.3 Å². The highest BCUT2D eigenvalue weighted by atomic mass is 16.5. The Bertz CT molecular complexity index is 974. The largest absolute Gasteiger partial charge is 0.493 e. The molecule has 0 saturated carbocycles. The zero-order valence-electron chi connectivity index (χ0n) is 14.6. The van der Waals surface area contributed by atoms with Crippen molar-refractivity contribution in [1.82, 2.24) is 19.5 Å². The van der Waals surface area contributed by atoms with E-state index in [1.165, 1.54) is 11.7 Å². The Hall–Kier alpha value is -3.46. The van der Waals surface area contributed by atoms with E-state index < -0.39 is 5.69 Å². The van der Waals surface area contributed by atoms with Crippen LogP contribution in [-0.2, 0) is 0 Å².